The van der Waals surface area contributed by atoms with Crippen molar-refractivity contribution in [2.24, 2.45) is 7.05 Å². The Morgan fingerprint density at radius 3 is 3.00 bits per heavy atom. The molecule has 0 bridgehead atoms. The van der Waals surface area contributed by atoms with Gasteiger partial charge in [0.25, 0.3) is 5.91 Å². The van der Waals surface area contributed by atoms with Crippen molar-refractivity contribution in [2.45, 2.75) is 25.8 Å². The lowest BCUT2D eigenvalue weighted by molar-refractivity contribution is 0.0928. The summed E-state index contributed by atoms with van der Waals surface area (Å²) in [4.78, 5) is 16.4. The van der Waals surface area contributed by atoms with E-state index in [0.29, 0.717) is 12.1 Å². The van der Waals surface area contributed by atoms with E-state index >= 15 is 0 Å². The first-order chi connectivity index (χ1) is 9.58. The summed E-state index contributed by atoms with van der Waals surface area (Å²) in [5, 5.41) is 2.97. The summed E-state index contributed by atoms with van der Waals surface area (Å²) in [6.07, 6.45) is 2.96. The Morgan fingerprint density at radius 1 is 1.50 bits per heavy atom. The zero-order valence-electron chi connectivity index (χ0n) is 11.5. The van der Waals surface area contributed by atoms with Crippen molar-refractivity contribution in [1.29, 1.82) is 0 Å². The van der Waals surface area contributed by atoms with E-state index in [1.807, 2.05) is 13.0 Å². The molecule has 0 radical (unpaired) electrons. The van der Waals surface area contributed by atoms with E-state index in [-0.39, 0.29) is 17.8 Å². The van der Waals surface area contributed by atoms with Crippen LogP contribution in [0.25, 0.3) is 0 Å². The number of halogens is 1. The Bertz CT molecular complexity index is 678. The zero-order valence-corrected chi connectivity index (χ0v) is 11.5. The maximum absolute atomic E-state index is 13.7. The maximum atomic E-state index is 13.7. The first-order valence-corrected chi connectivity index (χ1v) is 6.64. The third-order valence-corrected chi connectivity index (χ3v) is 3.97. The number of nitrogens with one attached hydrogen (secondary N) is 1. The monoisotopic (exact) mass is 273 g/mol. The van der Waals surface area contributed by atoms with Crippen LogP contribution in [0.2, 0.25) is 0 Å². The molecular weight excluding hydrogens is 257 g/mol. The summed E-state index contributed by atoms with van der Waals surface area (Å²) in [6, 6.07) is 4.91. The first kappa shape index (κ1) is 12.8. The van der Waals surface area contributed by atoms with Crippen LogP contribution in [-0.2, 0) is 13.5 Å². The highest BCUT2D eigenvalue weighted by molar-refractivity contribution is 5.92. The van der Waals surface area contributed by atoms with Gasteiger partial charge >= 0.3 is 0 Å². The van der Waals surface area contributed by atoms with Gasteiger partial charge in [-0.25, -0.2) is 9.37 Å². The SMILES string of the molecule is Cc1ncc(C(=O)N[C@@H]2CCc3c(F)cccc32)n1C. The molecule has 4 nitrogen and oxygen atoms in total. The quantitative estimate of drug-likeness (QED) is 0.912. The smallest absolute Gasteiger partial charge is 0.270 e. The Kier molecular flexibility index (Phi) is 3.04. The summed E-state index contributed by atoms with van der Waals surface area (Å²) in [7, 11) is 1.81. The molecule has 0 saturated carbocycles. The summed E-state index contributed by atoms with van der Waals surface area (Å²) >= 11 is 0. The van der Waals surface area contributed by atoms with Crippen molar-refractivity contribution in [2.75, 3.05) is 0 Å². The molecule has 0 spiro atoms. The van der Waals surface area contributed by atoms with Gasteiger partial charge in [-0.3, -0.25) is 4.79 Å². The van der Waals surface area contributed by atoms with Crippen LogP contribution in [0.15, 0.2) is 24.4 Å². The Morgan fingerprint density at radius 2 is 2.30 bits per heavy atom. The lowest BCUT2D eigenvalue weighted by Crippen LogP contribution is -2.28. The van der Waals surface area contributed by atoms with Crippen LogP contribution in [0, 0.1) is 12.7 Å². The number of imidazole rings is 1. The van der Waals surface area contributed by atoms with Gasteiger partial charge in [0.1, 0.15) is 17.3 Å². The van der Waals surface area contributed by atoms with Gasteiger partial charge in [-0.2, -0.15) is 0 Å². The third kappa shape index (κ3) is 1.99. The van der Waals surface area contributed by atoms with E-state index in [4.69, 9.17) is 0 Å². The molecule has 0 saturated heterocycles. The molecule has 0 fully saturated rings. The number of nitrogens with zero attached hydrogens (tertiary/aromatic N) is 2. The summed E-state index contributed by atoms with van der Waals surface area (Å²) in [6.45, 7) is 1.84. The number of hydrogen-bond acceptors (Lipinski definition) is 2. The normalized spacial score (nSPS) is 17.1. The van der Waals surface area contributed by atoms with E-state index in [2.05, 4.69) is 10.3 Å². The third-order valence-electron chi connectivity index (χ3n) is 3.97. The second-order valence-electron chi connectivity index (χ2n) is 5.12. The molecule has 1 heterocycles. The lowest BCUT2D eigenvalue weighted by Gasteiger charge is -2.14. The molecule has 0 unspecified atom stereocenters. The lowest BCUT2D eigenvalue weighted by atomic mass is 10.1. The van der Waals surface area contributed by atoms with Gasteiger partial charge in [0.05, 0.1) is 12.2 Å². The number of benzene rings is 1. The van der Waals surface area contributed by atoms with Gasteiger partial charge in [-0.05, 0) is 37.0 Å². The average Bonchev–Trinajstić information content (AvgIpc) is 2.97. The van der Waals surface area contributed by atoms with Crippen LogP contribution in [0.3, 0.4) is 0 Å². The minimum atomic E-state index is -0.185. The van der Waals surface area contributed by atoms with Gasteiger partial charge in [-0.1, -0.05) is 12.1 Å². The van der Waals surface area contributed by atoms with Gasteiger partial charge in [0, 0.05) is 7.05 Å². The maximum Gasteiger partial charge on any atom is 0.270 e. The fourth-order valence-corrected chi connectivity index (χ4v) is 2.70. The molecule has 5 heteroatoms. The Labute approximate surface area is 116 Å². The van der Waals surface area contributed by atoms with Crippen LogP contribution >= 0.6 is 0 Å². The molecule has 1 aromatic heterocycles. The topological polar surface area (TPSA) is 46.9 Å². The second-order valence-corrected chi connectivity index (χ2v) is 5.12. The average molecular weight is 273 g/mol. The molecule has 1 aliphatic rings. The van der Waals surface area contributed by atoms with E-state index in [0.717, 1.165) is 23.4 Å². The second kappa shape index (κ2) is 4.74. The molecule has 1 atom stereocenters. The van der Waals surface area contributed by atoms with Gasteiger partial charge in [0.2, 0.25) is 0 Å². The fraction of sp³-hybridized carbons (Fsp3) is 0.333. The Balaban J connectivity index is 1.83. The number of hydrogen-bond donors (Lipinski definition) is 1. The van der Waals surface area contributed by atoms with Crippen molar-refractivity contribution in [3.8, 4) is 0 Å². The fourth-order valence-electron chi connectivity index (χ4n) is 2.70. The zero-order chi connectivity index (χ0) is 14.3. The van der Waals surface area contributed by atoms with Crippen molar-refractivity contribution >= 4 is 5.91 Å². The van der Waals surface area contributed by atoms with Crippen LogP contribution < -0.4 is 5.32 Å². The predicted octanol–water partition coefficient (Wildman–Crippen LogP) is 2.28. The number of rotatable bonds is 2. The molecule has 20 heavy (non-hydrogen) atoms. The predicted molar refractivity (Wildman–Crippen MR) is 72.9 cm³/mol. The molecule has 1 N–H and O–H groups in total. The van der Waals surface area contributed by atoms with Crippen molar-refractivity contribution in [3.63, 3.8) is 0 Å². The Hall–Kier alpha value is -2.17. The standard InChI is InChI=1S/C15H16FN3O/c1-9-17-8-14(19(9)2)15(20)18-13-7-6-10-11(13)4-3-5-12(10)16/h3-5,8,13H,6-7H2,1-2H3,(H,18,20)/t13-/m1/s1. The molecule has 104 valence electrons. The summed E-state index contributed by atoms with van der Waals surface area (Å²) in [5.41, 5.74) is 2.13. The largest absolute Gasteiger partial charge is 0.344 e. The van der Waals surface area contributed by atoms with Crippen molar-refractivity contribution in [3.05, 3.63) is 52.9 Å². The van der Waals surface area contributed by atoms with E-state index < -0.39 is 0 Å². The van der Waals surface area contributed by atoms with Crippen LogP contribution in [0.1, 0.15) is 39.9 Å². The highest BCUT2D eigenvalue weighted by Gasteiger charge is 2.27. The van der Waals surface area contributed by atoms with E-state index in [1.165, 1.54) is 6.07 Å². The summed E-state index contributed by atoms with van der Waals surface area (Å²) < 4.78 is 15.4. The highest BCUT2D eigenvalue weighted by Crippen LogP contribution is 2.32. The number of fused-ring (bicyclic) bond motifs is 1. The molecular formula is C15H16FN3O. The van der Waals surface area contributed by atoms with Gasteiger partial charge < -0.3 is 9.88 Å². The van der Waals surface area contributed by atoms with Gasteiger partial charge in [-0.15, -0.1) is 0 Å². The first-order valence-electron chi connectivity index (χ1n) is 6.64. The van der Waals surface area contributed by atoms with Crippen LogP contribution in [-0.4, -0.2) is 15.5 Å². The minimum Gasteiger partial charge on any atom is -0.344 e. The number of aromatic nitrogens is 2. The molecule has 0 aliphatic heterocycles. The number of carbonyl (C=O) groups is 1. The van der Waals surface area contributed by atoms with Crippen molar-refractivity contribution in [1.82, 2.24) is 14.9 Å². The van der Waals surface area contributed by atoms with Gasteiger partial charge in [0.15, 0.2) is 0 Å². The molecule has 1 aliphatic carbocycles. The molecule has 1 aromatic carbocycles. The van der Waals surface area contributed by atoms with E-state index in [9.17, 15) is 9.18 Å². The number of amides is 1. The van der Waals surface area contributed by atoms with Crippen LogP contribution in [0.4, 0.5) is 4.39 Å². The molecule has 3 rings (SSSR count). The molecule has 2 aromatic rings. The van der Waals surface area contributed by atoms with Crippen molar-refractivity contribution < 1.29 is 9.18 Å². The van der Waals surface area contributed by atoms with E-state index in [1.54, 1.807) is 23.9 Å². The highest BCUT2D eigenvalue weighted by atomic mass is 19.1. The molecule has 1 amide bonds. The number of carbonyl (C=O) groups excluding carboxylic acids is 1. The summed E-state index contributed by atoms with van der Waals surface area (Å²) in [5.74, 6) is 0.429. The minimum absolute atomic E-state index is 0.122. The number of aryl methyl sites for hydroxylation is 1. The van der Waals surface area contributed by atoms with Crippen LogP contribution in [0.5, 0.6) is 0 Å².